The Morgan fingerprint density at radius 3 is 2.67 bits per heavy atom. The zero-order valence-electron chi connectivity index (χ0n) is 13.0. The Labute approximate surface area is 128 Å². The largest absolute Gasteiger partial charge is 0.310 e. The van der Waals surface area contributed by atoms with E-state index in [1.165, 1.54) is 55.2 Å². The Morgan fingerprint density at radius 2 is 1.81 bits per heavy atom. The first kappa shape index (κ1) is 14.6. The highest BCUT2D eigenvalue weighted by Crippen LogP contribution is 2.23. The van der Waals surface area contributed by atoms with Gasteiger partial charge in [0, 0.05) is 6.04 Å². The first-order chi connectivity index (χ1) is 10.3. The lowest BCUT2D eigenvalue weighted by molar-refractivity contribution is 0.328. The molecule has 21 heavy (non-hydrogen) atoms. The molecule has 0 spiro atoms. The molecule has 0 aliphatic carbocycles. The van der Waals surface area contributed by atoms with Crippen LogP contribution >= 0.6 is 0 Å². The third kappa shape index (κ3) is 3.63. The number of likely N-dealkylation sites (tertiary alicyclic amines) is 1. The summed E-state index contributed by atoms with van der Waals surface area (Å²) in [6, 6.07) is 15.7. The highest BCUT2D eigenvalue weighted by atomic mass is 15.1. The van der Waals surface area contributed by atoms with Crippen LogP contribution in [0.4, 0.5) is 0 Å². The fraction of sp³-hybridized carbons (Fsp3) is 0.474. The van der Waals surface area contributed by atoms with Gasteiger partial charge in [-0.15, -0.1) is 0 Å². The lowest BCUT2D eigenvalue weighted by Gasteiger charge is -2.18. The van der Waals surface area contributed by atoms with E-state index in [4.69, 9.17) is 0 Å². The molecule has 1 aliphatic heterocycles. The van der Waals surface area contributed by atoms with Crippen molar-refractivity contribution in [3.05, 3.63) is 48.0 Å². The van der Waals surface area contributed by atoms with Crippen LogP contribution in [0.3, 0.4) is 0 Å². The monoisotopic (exact) mass is 282 g/mol. The molecule has 0 amide bonds. The highest BCUT2D eigenvalue weighted by molar-refractivity contribution is 5.86. The topological polar surface area (TPSA) is 15.3 Å². The Balaban J connectivity index is 1.55. The van der Waals surface area contributed by atoms with E-state index in [2.05, 4.69) is 59.6 Å². The maximum atomic E-state index is 3.69. The quantitative estimate of drug-likeness (QED) is 0.806. The zero-order chi connectivity index (χ0) is 14.5. The molecule has 2 aromatic rings. The van der Waals surface area contributed by atoms with Crippen LogP contribution in [0, 0.1) is 0 Å². The van der Waals surface area contributed by atoms with Crippen molar-refractivity contribution in [3.8, 4) is 0 Å². The molecule has 1 fully saturated rings. The molecule has 2 nitrogen and oxygen atoms in total. The number of hydrogen-bond acceptors (Lipinski definition) is 2. The van der Waals surface area contributed by atoms with E-state index >= 15 is 0 Å². The van der Waals surface area contributed by atoms with E-state index in [1.54, 1.807) is 0 Å². The van der Waals surface area contributed by atoms with Gasteiger partial charge in [-0.05, 0) is 68.7 Å². The van der Waals surface area contributed by atoms with Crippen LogP contribution in [0.2, 0.25) is 0 Å². The maximum Gasteiger partial charge on any atom is 0.0297 e. The predicted octanol–water partition coefficient (Wildman–Crippen LogP) is 3.98. The van der Waals surface area contributed by atoms with Crippen molar-refractivity contribution in [2.75, 3.05) is 26.2 Å². The van der Waals surface area contributed by atoms with E-state index in [-0.39, 0.29) is 0 Å². The van der Waals surface area contributed by atoms with Crippen LogP contribution in [0.1, 0.15) is 37.8 Å². The van der Waals surface area contributed by atoms with Gasteiger partial charge in [0.25, 0.3) is 0 Å². The van der Waals surface area contributed by atoms with Gasteiger partial charge in [0.05, 0.1) is 0 Å². The lowest BCUT2D eigenvalue weighted by atomic mass is 10.00. The van der Waals surface area contributed by atoms with Gasteiger partial charge in [-0.1, -0.05) is 42.5 Å². The van der Waals surface area contributed by atoms with Gasteiger partial charge in [0.1, 0.15) is 0 Å². The summed E-state index contributed by atoms with van der Waals surface area (Å²) in [4.78, 5) is 2.59. The normalized spacial score (nSPS) is 17.4. The third-order valence-electron chi connectivity index (χ3n) is 4.59. The Bertz CT molecular complexity index is 567. The van der Waals surface area contributed by atoms with E-state index in [0.29, 0.717) is 6.04 Å². The van der Waals surface area contributed by atoms with Crippen LogP contribution in [0.15, 0.2) is 42.5 Å². The lowest BCUT2D eigenvalue weighted by Crippen LogP contribution is -2.26. The SMILES string of the molecule is CC(NCCCN1CCCC1)c1cccc2ccccc12. The highest BCUT2D eigenvalue weighted by Gasteiger charge is 2.11. The van der Waals surface area contributed by atoms with E-state index < -0.39 is 0 Å². The molecule has 1 heterocycles. The molecule has 2 heteroatoms. The van der Waals surface area contributed by atoms with Gasteiger partial charge in [0.2, 0.25) is 0 Å². The molecule has 112 valence electrons. The average Bonchev–Trinajstić information content (AvgIpc) is 3.04. The molecule has 0 saturated carbocycles. The van der Waals surface area contributed by atoms with Gasteiger partial charge in [-0.25, -0.2) is 0 Å². The van der Waals surface area contributed by atoms with Crippen molar-refractivity contribution in [1.29, 1.82) is 0 Å². The summed E-state index contributed by atoms with van der Waals surface area (Å²) in [7, 11) is 0. The minimum atomic E-state index is 0.412. The number of benzene rings is 2. The van der Waals surface area contributed by atoms with Crippen molar-refractivity contribution >= 4 is 10.8 Å². The smallest absolute Gasteiger partial charge is 0.0297 e. The number of fused-ring (bicyclic) bond motifs is 1. The molecule has 0 radical (unpaired) electrons. The molecule has 1 saturated heterocycles. The van der Waals surface area contributed by atoms with Crippen molar-refractivity contribution in [1.82, 2.24) is 10.2 Å². The molecule has 1 N–H and O–H groups in total. The molecule has 2 aromatic carbocycles. The average molecular weight is 282 g/mol. The Morgan fingerprint density at radius 1 is 1.05 bits per heavy atom. The van der Waals surface area contributed by atoms with Crippen molar-refractivity contribution in [3.63, 3.8) is 0 Å². The summed E-state index contributed by atoms with van der Waals surface area (Å²) < 4.78 is 0. The summed E-state index contributed by atoms with van der Waals surface area (Å²) in [6.45, 7) is 7.23. The van der Waals surface area contributed by atoms with Crippen LogP contribution in [0.5, 0.6) is 0 Å². The Hall–Kier alpha value is -1.38. The molecular weight excluding hydrogens is 256 g/mol. The van der Waals surface area contributed by atoms with Crippen molar-refractivity contribution < 1.29 is 0 Å². The van der Waals surface area contributed by atoms with Crippen molar-refractivity contribution in [2.45, 2.75) is 32.2 Å². The first-order valence-corrected chi connectivity index (χ1v) is 8.28. The van der Waals surface area contributed by atoms with Gasteiger partial charge in [-0.2, -0.15) is 0 Å². The van der Waals surface area contributed by atoms with Gasteiger partial charge < -0.3 is 10.2 Å². The molecule has 0 bridgehead atoms. The minimum absolute atomic E-state index is 0.412. The fourth-order valence-corrected chi connectivity index (χ4v) is 3.37. The van der Waals surface area contributed by atoms with Crippen LogP contribution in [-0.2, 0) is 0 Å². The Kier molecular flexibility index (Phi) is 4.89. The zero-order valence-corrected chi connectivity index (χ0v) is 13.0. The first-order valence-electron chi connectivity index (χ1n) is 8.28. The predicted molar refractivity (Wildman–Crippen MR) is 90.7 cm³/mol. The van der Waals surface area contributed by atoms with Gasteiger partial charge >= 0.3 is 0 Å². The fourth-order valence-electron chi connectivity index (χ4n) is 3.37. The second-order valence-electron chi connectivity index (χ2n) is 6.15. The summed E-state index contributed by atoms with van der Waals surface area (Å²) >= 11 is 0. The van der Waals surface area contributed by atoms with Crippen LogP contribution < -0.4 is 5.32 Å². The maximum absolute atomic E-state index is 3.69. The number of nitrogens with one attached hydrogen (secondary N) is 1. The number of rotatable bonds is 6. The summed E-state index contributed by atoms with van der Waals surface area (Å²) in [6.07, 6.45) is 4.02. The summed E-state index contributed by atoms with van der Waals surface area (Å²) in [5.41, 5.74) is 1.41. The third-order valence-corrected chi connectivity index (χ3v) is 4.59. The second-order valence-corrected chi connectivity index (χ2v) is 6.15. The molecule has 1 atom stereocenters. The number of nitrogens with zero attached hydrogens (tertiary/aromatic N) is 1. The van der Waals surface area contributed by atoms with Gasteiger partial charge in [-0.3, -0.25) is 0 Å². The van der Waals surface area contributed by atoms with Gasteiger partial charge in [0.15, 0.2) is 0 Å². The van der Waals surface area contributed by atoms with E-state index in [0.717, 1.165) is 6.54 Å². The molecule has 1 aliphatic rings. The molecule has 0 aromatic heterocycles. The standard InChI is InChI=1S/C19H26N2/c1-16(20-12-7-15-21-13-4-5-14-21)18-11-6-9-17-8-2-3-10-19(17)18/h2-3,6,8-11,16,20H,4-5,7,12-15H2,1H3. The number of hydrogen-bond donors (Lipinski definition) is 1. The summed E-state index contributed by atoms with van der Waals surface area (Å²) in [5, 5.41) is 6.40. The van der Waals surface area contributed by atoms with Crippen LogP contribution in [0.25, 0.3) is 10.8 Å². The molecule has 3 rings (SSSR count). The molecular formula is C19H26N2. The van der Waals surface area contributed by atoms with E-state index in [1.807, 2.05) is 0 Å². The van der Waals surface area contributed by atoms with Crippen LogP contribution in [-0.4, -0.2) is 31.1 Å². The van der Waals surface area contributed by atoms with Crippen molar-refractivity contribution in [2.24, 2.45) is 0 Å². The van der Waals surface area contributed by atoms with E-state index in [9.17, 15) is 0 Å². The minimum Gasteiger partial charge on any atom is -0.310 e. The molecule has 1 unspecified atom stereocenters. The second kappa shape index (κ2) is 7.06. The summed E-state index contributed by atoms with van der Waals surface area (Å²) in [5.74, 6) is 0.